The van der Waals surface area contributed by atoms with Crippen molar-refractivity contribution in [3.8, 4) is 0 Å². The minimum Gasteiger partial charge on any atom is -0.291 e. The van der Waals surface area contributed by atoms with Crippen molar-refractivity contribution in [1.82, 2.24) is 24.5 Å². The highest BCUT2D eigenvalue weighted by Crippen LogP contribution is 2.21. The molecule has 1 unspecified atom stereocenters. The molecule has 1 aromatic carbocycles. The molecule has 0 fully saturated rings. The van der Waals surface area contributed by atoms with Crippen LogP contribution in [0.25, 0.3) is 0 Å². The number of rotatable bonds is 5. The predicted molar refractivity (Wildman–Crippen MR) is 98.5 cm³/mol. The molecule has 0 saturated carbocycles. The molecule has 10 heteroatoms. The number of anilines is 1. The summed E-state index contributed by atoms with van der Waals surface area (Å²) in [6.07, 6.45) is 3.03. The van der Waals surface area contributed by atoms with Crippen LogP contribution in [-0.4, -0.2) is 30.5 Å². The van der Waals surface area contributed by atoms with Gasteiger partial charge in [0.1, 0.15) is 18.2 Å². The molecule has 26 heavy (non-hydrogen) atoms. The Hall–Kier alpha value is -2.26. The van der Waals surface area contributed by atoms with E-state index in [1.165, 1.54) is 23.1 Å². The van der Waals surface area contributed by atoms with Crippen molar-refractivity contribution in [3.63, 3.8) is 0 Å². The third kappa shape index (κ3) is 3.78. The standard InChI is InChI=1S/C16H15BrClFN6O/c1-9-12(17)6-21-25(9)10(2)15(26)22-16-20-8-24(23-16)7-11-13(18)4-3-5-14(11)19/h3-6,8,10H,7H2,1-2H3,(H,22,23,26). The molecule has 3 rings (SSSR count). The van der Waals surface area contributed by atoms with Gasteiger partial charge in [0.15, 0.2) is 0 Å². The van der Waals surface area contributed by atoms with Gasteiger partial charge in [0.25, 0.3) is 5.91 Å². The van der Waals surface area contributed by atoms with Crippen molar-refractivity contribution in [1.29, 1.82) is 0 Å². The van der Waals surface area contributed by atoms with Crippen LogP contribution in [0.3, 0.4) is 0 Å². The quantitative estimate of drug-likeness (QED) is 0.656. The van der Waals surface area contributed by atoms with Crippen molar-refractivity contribution >= 4 is 39.4 Å². The maximum atomic E-state index is 13.9. The Labute approximate surface area is 162 Å². The number of amides is 1. The highest BCUT2D eigenvalue weighted by Gasteiger charge is 2.20. The van der Waals surface area contributed by atoms with Gasteiger partial charge in [-0.25, -0.2) is 14.1 Å². The van der Waals surface area contributed by atoms with E-state index in [9.17, 15) is 9.18 Å². The lowest BCUT2D eigenvalue weighted by atomic mass is 10.2. The van der Waals surface area contributed by atoms with E-state index in [1.807, 2.05) is 6.92 Å². The van der Waals surface area contributed by atoms with Crippen molar-refractivity contribution in [3.05, 3.63) is 57.3 Å². The average Bonchev–Trinajstić information content (AvgIpc) is 3.18. The number of carbonyl (C=O) groups is 1. The number of nitrogens with one attached hydrogen (secondary N) is 1. The highest BCUT2D eigenvalue weighted by molar-refractivity contribution is 9.10. The molecule has 0 radical (unpaired) electrons. The lowest BCUT2D eigenvalue weighted by molar-refractivity contribution is -0.119. The Morgan fingerprint density at radius 3 is 2.88 bits per heavy atom. The largest absolute Gasteiger partial charge is 0.291 e. The van der Waals surface area contributed by atoms with Crippen molar-refractivity contribution in [2.75, 3.05) is 5.32 Å². The van der Waals surface area contributed by atoms with Crippen molar-refractivity contribution in [2.45, 2.75) is 26.4 Å². The summed E-state index contributed by atoms with van der Waals surface area (Å²) >= 11 is 9.37. The average molecular weight is 442 g/mol. The van der Waals surface area contributed by atoms with Crippen LogP contribution in [0.5, 0.6) is 0 Å². The monoisotopic (exact) mass is 440 g/mol. The van der Waals surface area contributed by atoms with Gasteiger partial charge in [-0.2, -0.15) is 5.10 Å². The van der Waals surface area contributed by atoms with Gasteiger partial charge in [0.2, 0.25) is 5.95 Å². The van der Waals surface area contributed by atoms with Gasteiger partial charge in [-0.3, -0.25) is 14.8 Å². The second-order valence-corrected chi connectivity index (χ2v) is 6.92. The fourth-order valence-corrected chi connectivity index (χ4v) is 2.89. The Bertz CT molecular complexity index is 936. The summed E-state index contributed by atoms with van der Waals surface area (Å²) in [5, 5.41) is 11.2. The zero-order valence-electron chi connectivity index (χ0n) is 13.9. The predicted octanol–water partition coefficient (Wildman–Crippen LogP) is 3.59. The summed E-state index contributed by atoms with van der Waals surface area (Å²) in [4.78, 5) is 16.4. The molecule has 1 N–H and O–H groups in total. The zero-order valence-corrected chi connectivity index (χ0v) is 16.3. The van der Waals surface area contributed by atoms with E-state index in [-0.39, 0.29) is 18.4 Å². The van der Waals surface area contributed by atoms with Crippen LogP contribution < -0.4 is 5.32 Å². The van der Waals surface area contributed by atoms with Crippen LogP contribution in [0.1, 0.15) is 24.2 Å². The minimum atomic E-state index is -0.547. The van der Waals surface area contributed by atoms with E-state index in [0.29, 0.717) is 10.6 Å². The van der Waals surface area contributed by atoms with Gasteiger partial charge >= 0.3 is 0 Å². The zero-order chi connectivity index (χ0) is 18.8. The van der Waals surface area contributed by atoms with Crippen LogP contribution in [0, 0.1) is 12.7 Å². The number of nitrogens with zero attached hydrogens (tertiary/aromatic N) is 5. The molecular formula is C16H15BrClFN6O. The van der Waals surface area contributed by atoms with Gasteiger partial charge in [-0.1, -0.05) is 17.7 Å². The Kier molecular flexibility index (Phi) is 5.38. The van der Waals surface area contributed by atoms with E-state index in [2.05, 4.69) is 36.4 Å². The Morgan fingerprint density at radius 2 is 2.23 bits per heavy atom. The molecule has 0 bridgehead atoms. The van der Waals surface area contributed by atoms with E-state index in [4.69, 9.17) is 11.6 Å². The van der Waals surface area contributed by atoms with Crippen LogP contribution in [0.15, 0.2) is 35.2 Å². The van der Waals surface area contributed by atoms with Gasteiger partial charge in [-0.05, 0) is 41.9 Å². The first-order chi connectivity index (χ1) is 12.4. The Balaban J connectivity index is 1.70. The molecule has 7 nitrogen and oxygen atoms in total. The fourth-order valence-electron chi connectivity index (χ4n) is 2.39. The van der Waals surface area contributed by atoms with E-state index in [1.54, 1.807) is 23.9 Å². The highest BCUT2D eigenvalue weighted by atomic mass is 79.9. The lowest BCUT2D eigenvalue weighted by Crippen LogP contribution is -2.25. The van der Waals surface area contributed by atoms with Gasteiger partial charge in [0.05, 0.1) is 22.9 Å². The molecule has 0 aliphatic rings. The number of carbonyl (C=O) groups excluding carboxylic acids is 1. The number of benzene rings is 1. The summed E-state index contributed by atoms with van der Waals surface area (Å²) in [6.45, 7) is 3.68. The maximum Gasteiger partial charge on any atom is 0.251 e. The summed E-state index contributed by atoms with van der Waals surface area (Å²) in [6, 6.07) is 3.92. The third-order valence-corrected chi connectivity index (χ3v) is 5.02. The number of hydrogen-bond donors (Lipinski definition) is 1. The maximum absolute atomic E-state index is 13.9. The summed E-state index contributed by atoms with van der Waals surface area (Å²) in [5.41, 5.74) is 1.14. The summed E-state index contributed by atoms with van der Waals surface area (Å²) in [5.74, 6) is -0.615. The first-order valence-corrected chi connectivity index (χ1v) is 8.86. The van der Waals surface area contributed by atoms with E-state index < -0.39 is 11.9 Å². The smallest absolute Gasteiger partial charge is 0.251 e. The molecule has 2 heterocycles. The van der Waals surface area contributed by atoms with Crippen LogP contribution in [-0.2, 0) is 11.3 Å². The van der Waals surface area contributed by atoms with Gasteiger partial charge in [0, 0.05) is 10.6 Å². The third-order valence-electron chi connectivity index (χ3n) is 3.88. The molecule has 0 aliphatic carbocycles. The molecule has 0 spiro atoms. The molecular weight excluding hydrogens is 427 g/mol. The molecule has 0 saturated heterocycles. The van der Waals surface area contributed by atoms with Crippen molar-refractivity contribution in [2.24, 2.45) is 0 Å². The first kappa shape index (κ1) is 18.5. The van der Waals surface area contributed by atoms with Gasteiger partial charge in [-0.15, -0.1) is 5.10 Å². The summed E-state index contributed by atoms with van der Waals surface area (Å²) < 4.78 is 17.7. The van der Waals surface area contributed by atoms with E-state index in [0.717, 1.165) is 10.2 Å². The van der Waals surface area contributed by atoms with Crippen LogP contribution >= 0.6 is 27.5 Å². The number of hydrogen-bond acceptors (Lipinski definition) is 4. The number of halogens is 3. The Morgan fingerprint density at radius 1 is 1.46 bits per heavy atom. The minimum absolute atomic E-state index is 0.106. The SMILES string of the molecule is Cc1c(Br)cnn1C(C)C(=O)Nc1ncn(Cc2c(F)cccc2Cl)n1. The second-order valence-electron chi connectivity index (χ2n) is 5.65. The molecule has 136 valence electrons. The normalized spacial score (nSPS) is 12.2. The molecule has 1 amide bonds. The molecule has 2 aromatic heterocycles. The second kappa shape index (κ2) is 7.55. The molecule has 0 aliphatic heterocycles. The topological polar surface area (TPSA) is 77.6 Å². The first-order valence-electron chi connectivity index (χ1n) is 7.69. The fraction of sp³-hybridized carbons (Fsp3) is 0.250. The molecule has 3 aromatic rings. The van der Waals surface area contributed by atoms with Crippen LogP contribution in [0.2, 0.25) is 5.02 Å². The van der Waals surface area contributed by atoms with Crippen molar-refractivity contribution < 1.29 is 9.18 Å². The number of aromatic nitrogens is 5. The lowest BCUT2D eigenvalue weighted by Gasteiger charge is -2.13. The molecule has 1 atom stereocenters. The van der Waals surface area contributed by atoms with E-state index >= 15 is 0 Å². The van der Waals surface area contributed by atoms with Gasteiger partial charge < -0.3 is 0 Å². The summed E-state index contributed by atoms with van der Waals surface area (Å²) in [7, 11) is 0. The van der Waals surface area contributed by atoms with Crippen LogP contribution in [0.4, 0.5) is 10.3 Å².